The second-order valence-corrected chi connectivity index (χ2v) is 11.9. The Labute approximate surface area is 268 Å². The highest BCUT2D eigenvalue weighted by Crippen LogP contribution is 2.37. The van der Waals surface area contributed by atoms with Gasteiger partial charge in [0.05, 0.1) is 42.7 Å². The number of fused-ring (bicyclic) bond motifs is 2. The van der Waals surface area contributed by atoms with Gasteiger partial charge in [-0.25, -0.2) is 4.79 Å². The Morgan fingerprint density at radius 3 is 2.30 bits per heavy atom. The third-order valence-electron chi connectivity index (χ3n) is 7.91. The third-order valence-corrected chi connectivity index (χ3v) is 7.91. The molecule has 0 aromatic rings. The van der Waals surface area contributed by atoms with Crippen molar-refractivity contribution in [3.05, 3.63) is 72.9 Å². The molecule has 0 radical (unpaired) electrons. The van der Waals surface area contributed by atoms with E-state index in [2.05, 4.69) is 0 Å². The van der Waals surface area contributed by atoms with Crippen molar-refractivity contribution in [2.45, 2.75) is 113 Å². The molecular formula is C33H47NO12. The van der Waals surface area contributed by atoms with E-state index in [0.717, 1.165) is 0 Å². The van der Waals surface area contributed by atoms with E-state index in [4.69, 9.17) is 24.7 Å². The molecule has 13 heteroatoms. The van der Waals surface area contributed by atoms with Crippen LogP contribution in [0.15, 0.2) is 72.9 Å². The average molecular weight is 650 g/mol. The molecular weight excluding hydrogens is 602 g/mol. The second-order valence-electron chi connectivity index (χ2n) is 11.9. The zero-order chi connectivity index (χ0) is 33.9. The van der Waals surface area contributed by atoms with Gasteiger partial charge in [-0.3, -0.25) is 4.79 Å². The van der Waals surface area contributed by atoms with E-state index in [-0.39, 0.29) is 25.4 Å². The van der Waals surface area contributed by atoms with Gasteiger partial charge in [0.25, 0.3) is 0 Å². The summed E-state index contributed by atoms with van der Waals surface area (Å²) in [5.41, 5.74) is 5.97. The van der Waals surface area contributed by atoms with Crippen LogP contribution >= 0.6 is 0 Å². The standard InChI is InChI=1S/C33H47NO12/c1-20-13-9-6-4-3-5-7-11-15-23(45-32-30(39)28(34)29(38)21(2)44-32)17-25-27(31(40)41)24(36)19-33(42,46-25)18-22(35)14-10-8-12-16-26(37)43-20/h3-12,15-16,20-25,27-30,32,35-36,38-39,42H,13-14,17-19,34H2,1-2H3,(H,40,41)/b4-3+,7-5+,9-6+,10-8+,15-11+,16-12+/t20-,21-,22+,23+,24+,25+,27-,28+,29-,30+,32+,33-/m1/s1. The minimum atomic E-state index is -2.08. The summed E-state index contributed by atoms with van der Waals surface area (Å²) in [5, 5.41) is 63.6. The van der Waals surface area contributed by atoms with Gasteiger partial charge in [-0.1, -0.05) is 66.8 Å². The van der Waals surface area contributed by atoms with Gasteiger partial charge in [-0.2, -0.15) is 0 Å². The number of aliphatic hydroxyl groups is 5. The fraction of sp³-hybridized carbons (Fsp3) is 0.576. The molecule has 3 rings (SSSR count). The fourth-order valence-corrected chi connectivity index (χ4v) is 5.50. The van der Waals surface area contributed by atoms with Crippen LogP contribution in [0.1, 0.15) is 46.0 Å². The number of carboxylic acid groups (broad SMARTS) is 1. The van der Waals surface area contributed by atoms with Crippen LogP contribution in [0.25, 0.3) is 0 Å². The smallest absolute Gasteiger partial charge is 0.331 e. The molecule has 0 amide bonds. The Morgan fingerprint density at radius 1 is 0.935 bits per heavy atom. The van der Waals surface area contributed by atoms with Gasteiger partial charge in [0, 0.05) is 31.8 Å². The van der Waals surface area contributed by atoms with Crippen molar-refractivity contribution in [3.8, 4) is 0 Å². The molecule has 2 fully saturated rings. The molecule has 0 spiro atoms. The van der Waals surface area contributed by atoms with Crippen LogP contribution in [0.4, 0.5) is 0 Å². The van der Waals surface area contributed by atoms with Crippen molar-refractivity contribution in [1.82, 2.24) is 0 Å². The number of carbonyl (C=O) groups is 2. The maximum atomic E-state index is 12.2. The van der Waals surface area contributed by atoms with E-state index in [0.29, 0.717) is 6.42 Å². The lowest BCUT2D eigenvalue weighted by atomic mass is 9.83. The number of carboxylic acids is 1. The number of hydrogen-bond donors (Lipinski definition) is 7. The van der Waals surface area contributed by atoms with Gasteiger partial charge in [0.15, 0.2) is 12.1 Å². The zero-order valence-corrected chi connectivity index (χ0v) is 26.0. The molecule has 0 aliphatic carbocycles. The average Bonchev–Trinajstić information content (AvgIpc) is 2.96. The number of nitrogens with two attached hydrogens (primary N) is 1. The Bertz CT molecular complexity index is 1180. The van der Waals surface area contributed by atoms with E-state index in [1.54, 1.807) is 62.5 Å². The Kier molecular flexibility index (Phi) is 14.5. The molecule has 13 nitrogen and oxygen atoms in total. The van der Waals surface area contributed by atoms with Gasteiger partial charge in [-0.05, 0) is 20.3 Å². The van der Waals surface area contributed by atoms with Gasteiger partial charge in [0.2, 0.25) is 0 Å². The molecule has 0 saturated carbocycles. The number of hydrogen-bond acceptors (Lipinski definition) is 12. The molecule has 0 aromatic carbocycles. The number of allylic oxidation sites excluding steroid dienone is 8. The number of ether oxygens (including phenoxy) is 4. The zero-order valence-electron chi connectivity index (χ0n) is 26.0. The fourth-order valence-electron chi connectivity index (χ4n) is 5.50. The first-order valence-corrected chi connectivity index (χ1v) is 15.4. The van der Waals surface area contributed by atoms with Crippen molar-refractivity contribution >= 4 is 11.9 Å². The summed E-state index contributed by atoms with van der Waals surface area (Å²) in [5.74, 6) is -5.41. The lowest BCUT2D eigenvalue weighted by molar-refractivity contribution is -0.308. The van der Waals surface area contributed by atoms with Gasteiger partial charge in [0.1, 0.15) is 18.1 Å². The monoisotopic (exact) mass is 649 g/mol. The first-order valence-electron chi connectivity index (χ1n) is 15.4. The summed E-state index contributed by atoms with van der Waals surface area (Å²) in [4.78, 5) is 24.2. The number of rotatable bonds is 3. The van der Waals surface area contributed by atoms with E-state index < -0.39 is 85.1 Å². The third kappa shape index (κ3) is 11.4. The number of aliphatic carboxylic acids is 1. The van der Waals surface area contributed by atoms with E-state index in [1.165, 1.54) is 18.2 Å². The Balaban J connectivity index is 1.90. The van der Waals surface area contributed by atoms with Crippen LogP contribution < -0.4 is 5.73 Å². The molecule has 0 unspecified atom stereocenters. The SMILES string of the molecule is C[C@@H]1C/C=C/C=C/C=C/C=C/[C@H](O[C@@H]2O[C@H](C)[C@@H](O)[C@H](N)[C@@H]2O)C[C@@H]2O[C@](O)(C[C@@H](O)C/C=C/C=C/C(=O)O1)C[C@H](O)[C@H]2C(=O)O. The summed E-state index contributed by atoms with van der Waals surface area (Å²) in [6, 6.07) is -1.07. The summed E-state index contributed by atoms with van der Waals surface area (Å²) in [6.45, 7) is 3.34. The molecule has 0 aromatic heterocycles. The van der Waals surface area contributed by atoms with Crippen LogP contribution in [-0.4, -0.2) is 110 Å². The first-order chi connectivity index (χ1) is 21.8. The van der Waals surface area contributed by atoms with E-state index in [1.807, 2.05) is 6.08 Å². The molecule has 12 atom stereocenters. The van der Waals surface area contributed by atoms with E-state index in [9.17, 15) is 40.2 Å². The molecule has 8 N–H and O–H groups in total. The topological polar surface area (TPSA) is 218 Å². The molecule has 3 aliphatic rings. The molecule has 2 bridgehead atoms. The van der Waals surface area contributed by atoms with Crippen LogP contribution in [0.5, 0.6) is 0 Å². The number of aliphatic hydroxyl groups excluding tert-OH is 4. The number of cyclic esters (lactones) is 1. The summed E-state index contributed by atoms with van der Waals surface area (Å²) < 4.78 is 22.9. The number of esters is 1. The maximum Gasteiger partial charge on any atom is 0.331 e. The van der Waals surface area contributed by atoms with Crippen LogP contribution in [0.3, 0.4) is 0 Å². The summed E-state index contributed by atoms with van der Waals surface area (Å²) in [6.07, 6.45) is 9.24. The van der Waals surface area contributed by atoms with Crippen LogP contribution in [0, 0.1) is 5.92 Å². The first kappa shape index (κ1) is 37.5. The van der Waals surface area contributed by atoms with Crippen LogP contribution in [0.2, 0.25) is 0 Å². The Morgan fingerprint density at radius 2 is 1.59 bits per heavy atom. The van der Waals surface area contributed by atoms with E-state index >= 15 is 0 Å². The predicted octanol–water partition coefficient (Wildman–Crippen LogP) is 0.909. The minimum absolute atomic E-state index is 0.0604. The normalized spacial score (nSPS) is 44.4. The lowest BCUT2D eigenvalue weighted by Gasteiger charge is -2.45. The molecule has 3 aliphatic heterocycles. The maximum absolute atomic E-state index is 12.2. The summed E-state index contributed by atoms with van der Waals surface area (Å²) in [7, 11) is 0. The van der Waals surface area contributed by atoms with Gasteiger partial charge < -0.3 is 55.3 Å². The lowest BCUT2D eigenvalue weighted by Crippen LogP contribution is -2.61. The minimum Gasteiger partial charge on any atom is -0.481 e. The molecule has 46 heavy (non-hydrogen) atoms. The van der Waals surface area contributed by atoms with Crippen molar-refractivity contribution in [2.75, 3.05) is 0 Å². The summed E-state index contributed by atoms with van der Waals surface area (Å²) >= 11 is 0. The molecule has 3 heterocycles. The largest absolute Gasteiger partial charge is 0.481 e. The quantitative estimate of drug-likeness (QED) is 0.212. The van der Waals surface area contributed by atoms with Gasteiger partial charge in [-0.15, -0.1) is 0 Å². The van der Waals surface area contributed by atoms with Crippen molar-refractivity contribution in [2.24, 2.45) is 11.7 Å². The molecule has 2 saturated heterocycles. The second kappa shape index (κ2) is 17.8. The molecule has 256 valence electrons. The van der Waals surface area contributed by atoms with Crippen LogP contribution in [-0.2, 0) is 28.5 Å². The highest BCUT2D eigenvalue weighted by Gasteiger charge is 2.50. The Hall–Kier alpha value is -2.98. The predicted molar refractivity (Wildman–Crippen MR) is 166 cm³/mol. The van der Waals surface area contributed by atoms with Gasteiger partial charge >= 0.3 is 11.9 Å². The van der Waals surface area contributed by atoms with Crippen molar-refractivity contribution < 1.29 is 59.2 Å². The van der Waals surface area contributed by atoms with Crippen molar-refractivity contribution in [1.29, 1.82) is 0 Å². The number of carbonyl (C=O) groups excluding carboxylic acids is 1. The highest BCUT2D eigenvalue weighted by molar-refractivity contribution is 5.82. The highest BCUT2D eigenvalue weighted by atomic mass is 16.7. The van der Waals surface area contributed by atoms with Crippen molar-refractivity contribution in [3.63, 3.8) is 0 Å².